The molecule has 0 aromatic carbocycles. The third-order valence-corrected chi connectivity index (χ3v) is 4.17. The lowest BCUT2D eigenvalue weighted by molar-refractivity contribution is 0.0962. The van der Waals surface area contributed by atoms with Gasteiger partial charge in [0.05, 0.1) is 0 Å². The lowest BCUT2D eigenvalue weighted by atomic mass is 10.0. The molecule has 1 atom stereocenters. The van der Waals surface area contributed by atoms with Crippen LogP contribution in [0, 0.1) is 0 Å². The maximum absolute atomic E-state index is 12.1. The van der Waals surface area contributed by atoms with Crippen molar-refractivity contribution in [1.82, 2.24) is 20.4 Å². The van der Waals surface area contributed by atoms with Gasteiger partial charge in [-0.05, 0) is 38.3 Å². The molecule has 2 aromatic heterocycles. The molecule has 0 radical (unpaired) electrons. The van der Waals surface area contributed by atoms with E-state index < -0.39 is 0 Å². The first-order valence-corrected chi connectivity index (χ1v) is 8.00. The number of piperidine rings is 1. The molecule has 0 bridgehead atoms. The maximum Gasteiger partial charge on any atom is 0.269 e. The Hall–Kier alpha value is -2.90. The first kappa shape index (κ1) is 16.0. The summed E-state index contributed by atoms with van der Waals surface area (Å²) in [6, 6.07) is 3.64. The summed E-state index contributed by atoms with van der Waals surface area (Å²) in [5.74, 6) is 0.807. The van der Waals surface area contributed by atoms with Crippen LogP contribution in [0.2, 0.25) is 0 Å². The summed E-state index contributed by atoms with van der Waals surface area (Å²) in [6.45, 7) is 3.09. The largest absolute Gasteiger partial charge is 0.393 e. The highest BCUT2D eigenvalue weighted by molar-refractivity contribution is 5.95. The summed E-state index contributed by atoms with van der Waals surface area (Å²) in [4.78, 5) is 26.6. The fourth-order valence-electron chi connectivity index (χ4n) is 2.82. The van der Waals surface area contributed by atoms with Crippen molar-refractivity contribution in [2.45, 2.75) is 32.2 Å². The molecule has 1 unspecified atom stereocenters. The van der Waals surface area contributed by atoms with Gasteiger partial charge in [0.2, 0.25) is 0 Å². The predicted octanol–water partition coefficient (Wildman–Crippen LogP) is 1.59. The number of anilines is 3. The second-order valence-corrected chi connectivity index (χ2v) is 5.81. The molecule has 8 heteroatoms. The van der Waals surface area contributed by atoms with E-state index in [9.17, 15) is 4.79 Å². The Morgan fingerprint density at radius 3 is 2.83 bits per heavy atom. The van der Waals surface area contributed by atoms with E-state index in [2.05, 4.69) is 37.6 Å². The number of nitrogen functional groups attached to an aromatic ring is 1. The molecule has 0 spiro atoms. The van der Waals surface area contributed by atoms with Gasteiger partial charge in [-0.3, -0.25) is 20.6 Å². The number of hydrazine groups is 1. The van der Waals surface area contributed by atoms with Gasteiger partial charge in [-0.25, -0.2) is 9.97 Å². The number of aromatic nitrogens is 3. The molecule has 1 fully saturated rings. The van der Waals surface area contributed by atoms with Crippen LogP contribution >= 0.6 is 0 Å². The number of nitrogens with one attached hydrogen (secondary N) is 2. The highest BCUT2D eigenvalue weighted by Gasteiger charge is 2.23. The number of amides is 1. The van der Waals surface area contributed by atoms with Crippen molar-refractivity contribution < 1.29 is 4.79 Å². The average Bonchev–Trinajstić information content (AvgIpc) is 2.62. The first-order chi connectivity index (χ1) is 11.7. The molecule has 126 valence electrons. The van der Waals surface area contributed by atoms with E-state index in [0.29, 0.717) is 28.9 Å². The van der Waals surface area contributed by atoms with E-state index in [0.717, 1.165) is 19.4 Å². The zero-order chi connectivity index (χ0) is 16.9. The number of rotatable bonds is 4. The molecule has 4 N–H and O–H groups in total. The minimum atomic E-state index is -0.289. The van der Waals surface area contributed by atoms with Crippen LogP contribution in [0.3, 0.4) is 0 Å². The minimum Gasteiger partial charge on any atom is -0.393 e. The van der Waals surface area contributed by atoms with Gasteiger partial charge in [0.15, 0.2) is 11.6 Å². The SMILES string of the molecule is CC1CCCCN1c1ncnc(NNC(=O)c2ccncc2)c1N. The molecule has 0 saturated carbocycles. The van der Waals surface area contributed by atoms with Crippen molar-refractivity contribution in [3.05, 3.63) is 36.4 Å². The smallest absolute Gasteiger partial charge is 0.269 e. The van der Waals surface area contributed by atoms with Crippen LogP contribution in [0.1, 0.15) is 36.5 Å². The monoisotopic (exact) mass is 327 g/mol. The van der Waals surface area contributed by atoms with E-state index in [4.69, 9.17) is 5.73 Å². The summed E-state index contributed by atoms with van der Waals surface area (Å²) >= 11 is 0. The maximum atomic E-state index is 12.1. The summed E-state index contributed by atoms with van der Waals surface area (Å²) in [5, 5.41) is 0. The van der Waals surface area contributed by atoms with Gasteiger partial charge < -0.3 is 10.6 Å². The van der Waals surface area contributed by atoms with Gasteiger partial charge in [-0.2, -0.15) is 0 Å². The summed E-state index contributed by atoms with van der Waals surface area (Å²) in [6.07, 6.45) is 8.03. The third kappa shape index (κ3) is 3.37. The van der Waals surface area contributed by atoms with E-state index >= 15 is 0 Å². The highest BCUT2D eigenvalue weighted by atomic mass is 16.2. The topological polar surface area (TPSA) is 109 Å². The van der Waals surface area contributed by atoms with E-state index in [-0.39, 0.29) is 5.91 Å². The average molecular weight is 327 g/mol. The molecule has 3 rings (SSSR count). The molecule has 1 saturated heterocycles. The lowest BCUT2D eigenvalue weighted by Crippen LogP contribution is -2.39. The van der Waals surface area contributed by atoms with E-state index in [1.54, 1.807) is 24.5 Å². The summed E-state index contributed by atoms with van der Waals surface area (Å²) in [7, 11) is 0. The Morgan fingerprint density at radius 2 is 2.08 bits per heavy atom. The van der Waals surface area contributed by atoms with Gasteiger partial charge in [-0.15, -0.1) is 0 Å². The Kier molecular flexibility index (Phi) is 4.74. The van der Waals surface area contributed by atoms with Crippen LogP contribution in [0.5, 0.6) is 0 Å². The fraction of sp³-hybridized carbons (Fsp3) is 0.375. The van der Waals surface area contributed by atoms with Crippen LogP contribution < -0.4 is 21.5 Å². The van der Waals surface area contributed by atoms with E-state index in [1.807, 2.05) is 0 Å². The number of hydrogen-bond acceptors (Lipinski definition) is 7. The number of pyridine rings is 1. The molecule has 2 aromatic rings. The molecular weight excluding hydrogens is 306 g/mol. The third-order valence-electron chi connectivity index (χ3n) is 4.17. The van der Waals surface area contributed by atoms with Crippen molar-refractivity contribution >= 4 is 23.2 Å². The van der Waals surface area contributed by atoms with Gasteiger partial charge in [0.1, 0.15) is 12.0 Å². The summed E-state index contributed by atoms with van der Waals surface area (Å²) in [5.41, 5.74) is 12.5. The van der Waals surface area contributed by atoms with Gasteiger partial charge in [0, 0.05) is 30.5 Å². The molecule has 8 nitrogen and oxygen atoms in total. The standard InChI is InChI=1S/C16H21N7O/c1-11-4-2-3-9-23(11)15-13(17)14(19-10-20-15)21-22-16(24)12-5-7-18-8-6-12/h5-8,10-11H,2-4,9,17H2,1H3,(H,22,24)(H,19,20,21). The fourth-order valence-corrected chi connectivity index (χ4v) is 2.82. The van der Waals surface area contributed by atoms with Crippen molar-refractivity contribution in [1.29, 1.82) is 0 Å². The minimum absolute atomic E-state index is 0.289. The molecule has 1 aliphatic rings. The number of nitrogens with two attached hydrogens (primary N) is 1. The molecule has 1 amide bonds. The van der Waals surface area contributed by atoms with Gasteiger partial charge >= 0.3 is 0 Å². The van der Waals surface area contributed by atoms with Crippen molar-refractivity contribution in [2.24, 2.45) is 0 Å². The lowest BCUT2D eigenvalue weighted by Gasteiger charge is -2.35. The quantitative estimate of drug-likeness (QED) is 0.732. The second kappa shape index (κ2) is 7.12. The van der Waals surface area contributed by atoms with Crippen LogP contribution in [0.25, 0.3) is 0 Å². The van der Waals surface area contributed by atoms with Crippen LogP contribution in [-0.4, -0.2) is 33.4 Å². The Balaban J connectivity index is 1.72. The predicted molar refractivity (Wildman–Crippen MR) is 92.4 cm³/mol. The molecule has 1 aliphatic heterocycles. The Bertz CT molecular complexity index is 707. The highest BCUT2D eigenvalue weighted by Crippen LogP contribution is 2.30. The van der Waals surface area contributed by atoms with Gasteiger partial charge in [-0.1, -0.05) is 0 Å². The molecule has 3 heterocycles. The molecule has 0 aliphatic carbocycles. The number of carbonyl (C=O) groups excluding carboxylic acids is 1. The first-order valence-electron chi connectivity index (χ1n) is 8.00. The normalized spacial score (nSPS) is 17.4. The van der Waals surface area contributed by atoms with Crippen LogP contribution in [-0.2, 0) is 0 Å². The number of hydrogen-bond donors (Lipinski definition) is 3. The summed E-state index contributed by atoms with van der Waals surface area (Å²) < 4.78 is 0. The van der Waals surface area contributed by atoms with Crippen molar-refractivity contribution in [2.75, 3.05) is 22.6 Å². The van der Waals surface area contributed by atoms with E-state index in [1.165, 1.54) is 12.7 Å². The van der Waals surface area contributed by atoms with Crippen molar-refractivity contribution in [3.63, 3.8) is 0 Å². The van der Waals surface area contributed by atoms with Crippen molar-refractivity contribution in [3.8, 4) is 0 Å². The molecule has 24 heavy (non-hydrogen) atoms. The number of nitrogens with zero attached hydrogens (tertiary/aromatic N) is 4. The zero-order valence-electron chi connectivity index (χ0n) is 13.6. The molecular formula is C16H21N7O. The number of carbonyl (C=O) groups is 1. The second-order valence-electron chi connectivity index (χ2n) is 5.81. The van der Waals surface area contributed by atoms with Crippen LogP contribution in [0.15, 0.2) is 30.9 Å². The zero-order valence-corrected chi connectivity index (χ0v) is 13.6. The van der Waals surface area contributed by atoms with Gasteiger partial charge in [0.25, 0.3) is 5.91 Å². The Labute approximate surface area is 140 Å². The Morgan fingerprint density at radius 1 is 1.29 bits per heavy atom. The van der Waals surface area contributed by atoms with Crippen LogP contribution in [0.4, 0.5) is 17.3 Å².